The minimum atomic E-state index is 0.461. The Morgan fingerprint density at radius 1 is 1.00 bits per heavy atom. The molecule has 1 nitrogen and oxygen atoms in total. The van der Waals surface area contributed by atoms with Crippen LogP contribution in [-0.4, -0.2) is 0 Å². The van der Waals surface area contributed by atoms with E-state index in [1.54, 1.807) is 0 Å². The summed E-state index contributed by atoms with van der Waals surface area (Å²) < 4.78 is 0. The van der Waals surface area contributed by atoms with Gasteiger partial charge in [-0.2, -0.15) is 0 Å². The first kappa shape index (κ1) is 12.3. The lowest BCUT2D eigenvalue weighted by atomic mass is 10.0. The topological polar surface area (TPSA) is 12.0 Å². The maximum absolute atomic E-state index is 3.75. The number of benzene rings is 2. The Balaban J connectivity index is 1.86. The predicted octanol–water partition coefficient (Wildman–Crippen LogP) is 4.87. The monoisotopic (exact) mass is 251 g/mol. The van der Waals surface area contributed by atoms with Gasteiger partial charge in [0.1, 0.15) is 0 Å². The number of hydrogen-bond acceptors (Lipinski definition) is 1. The van der Waals surface area contributed by atoms with Crippen molar-refractivity contribution in [2.45, 2.75) is 32.7 Å². The van der Waals surface area contributed by atoms with Crippen LogP contribution in [0.3, 0.4) is 0 Å². The van der Waals surface area contributed by atoms with E-state index >= 15 is 0 Å². The van der Waals surface area contributed by atoms with Crippen molar-refractivity contribution >= 4 is 5.69 Å². The molecule has 1 atom stereocenters. The van der Waals surface area contributed by atoms with Gasteiger partial charge in [0, 0.05) is 5.69 Å². The minimum Gasteiger partial charge on any atom is -0.378 e. The van der Waals surface area contributed by atoms with Gasteiger partial charge in [0.2, 0.25) is 0 Å². The lowest BCUT2D eigenvalue weighted by molar-refractivity contribution is 0.678. The molecule has 0 amide bonds. The highest BCUT2D eigenvalue weighted by Gasteiger charge is 2.32. The standard InChI is InChI=1S/C18H21N/c1-13-8-11-17(14(2)12-13)19-18(16-9-10-16)15-6-4-3-5-7-15/h3-8,11-12,16,18-19H,9-10H2,1-2H3. The van der Waals surface area contributed by atoms with Crippen LogP contribution >= 0.6 is 0 Å². The highest BCUT2D eigenvalue weighted by atomic mass is 14.9. The largest absolute Gasteiger partial charge is 0.378 e. The van der Waals surface area contributed by atoms with Gasteiger partial charge in [-0.3, -0.25) is 0 Å². The van der Waals surface area contributed by atoms with Crippen molar-refractivity contribution in [3.05, 3.63) is 65.2 Å². The van der Waals surface area contributed by atoms with Crippen molar-refractivity contribution in [1.82, 2.24) is 0 Å². The Labute approximate surface area is 115 Å². The summed E-state index contributed by atoms with van der Waals surface area (Å²) in [5.41, 5.74) is 5.34. The van der Waals surface area contributed by atoms with E-state index in [0.717, 1.165) is 5.92 Å². The van der Waals surface area contributed by atoms with Gasteiger partial charge in [0.15, 0.2) is 0 Å². The summed E-state index contributed by atoms with van der Waals surface area (Å²) in [6, 6.07) is 17.9. The summed E-state index contributed by atoms with van der Waals surface area (Å²) in [6.07, 6.45) is 2.69. The van der Waals surface area contributed by atoms with Gasteiger partial charge in [-0.25, -0.2) is 0 Å². The molecule has 1 fully saturated rings. The molecule has 1 aliphatic rings. The second-order valence-corrected chi connectivity index (χ2v) is 5.69. The van der Waals surface area contributed by atoms with Gasteiger partial charge in [0.25, 0.3) is 0 Å². The molecule has 98 valence electrons. The summed E-state index contributed by atoms with van der Waals surface area (Å²) in [5.74, 6) is 0.795. The molecule has 0 aliphatic heterocycles. The lowest BCUT2D eigenvalue weighted by Crippen LogP contribution is -2.13. The van der Waals surface area contributed by atoms with Crippen LogP contribution in [0.15, 0.2) is 48.5 Å². The van der Waals surface area contributed by atoms with Crippen molar-refractivity contribution in [2.24, 2.45) is 5.92 Å². The van der Waals surface area contributed by atoms with Gasteiger partial charge in [-0.15, -0.1) is 0 Å². The molecule has 1 saturated carbocycles. The molecular formula is C18H21N. The van der Waals surface area contributed by atoms with Crippen LogP contribution in [0.5, 0.6) is 0 Å². The average molecular weight is 251 g/mol. The molecule has 2 aromatic carbocycles. The van der Waals surface area contributed by atoms with Crippen molar-refractivity contribution in [3.8, 4) is 0 Å². The van der Waals surface area contributed by atoms with E-state index in [0.29, 0.717) is 6.04 Å². The fourth-order valence-electron chi connectivity index (χ4n) is 2.71. The van der Waals surface area contributed by atoms with E-state index < -0.39 is 0 Å². The maximum atomic E-state index is 3.75. The second-order valence-electron chi connectivity index (χ2n) is 5.69. The van der Waals surface area contributed by atoms with Crippen molar-refractivity contribution < 1.29 is 0 Å². The molecular weight excluding hydrogens is 230 g/mol. The third-order valence-corrected chi connectivity index (χ3v) is 3.95. The molecule has 0 saturated heterocycles. The molecule has 3 rings (SSSR count). The van der Waals surface area contributed by atoms with Gasteiger partial charge in [0.05, 0.1) is 6.04 Å². The molecule has 0 radical (unpaired) electrons. The Morgan fingerprint density at radius 3 is 2.37 bits per heavy atom. The van der Waals surface area contributed by atoms with Crippen molar-refractivity contribution in [3.63, 3.8) is 0 Å². The van der Waals surface area contributed by atoms with Gasteiger partial charge in [-0.05, 0) is 49.8 Å². The quantitative estimate of drug-likeness (QED) is 0.817. The first-order chi connectivity index (χ1) is 9.24. The third-order valence-electron chi connectivity index (χ3n) is 3.95. The number of anilines is 1. The summed E-state index contributed by atoms with van der Waals surface area (Å²) in [7, 11) is 0. The van der Waals surface area contributed by atoms with Gasteiger partial charge < -0.3 is 5.32 Å². The number of nitrogens with one attached hydrogen (secondary N) is 1. The van der Waals surface area contributed by atoms with E-state index in [2.05, 4.69) is 67.7 Å². The molecule has 1 aliphatic carbocycles. The molecule has 0 bridgehead atoms. The van der Waals surface area contributed by atoms with Crippen LogP contribution in [-0.2, 0) is 0 Å². The Kier molecular flexibility index (Phi) is 3.29. The average Bonchev–Trinajstić information content (AvgIpc) is 3.23. The summed E-state index contributed by atoms with van der Waals surface area (Å²) >= 11 is 0. The van der Waals surface area contributed by atoms with Crippen LogP contribution in [0.4, 0.5) is 5.69 Å². The normalized spacial score (nSPS) is 16.1. The molecule has 0 spiro atoms. The molecule has 1 heteroatoms. The lowest BCUT2D eigenvalue weighted by Gasteiger charge is -2.21. The fraction of sp³-hybridized carbons (Fsp3) is 0.333. The molecule has 1 N–H and O–H groups in total. The summed E-state index contributed by atoms with van der Waals surface area (Å²) in [5, 5.41) is 3.75. The first-order valence-electron chi connectivity index (χ1n) is 7.13. The third kappa shape index (κ3) is 2.81. The molecule has 1 unspecified atom stereocenters. The molecule has 0 aromatic heterocycles. The Bertz CT molecular complexity index is 555. The van der Waals surface area contributed by atoms with Crippen LogP contribution in [0.1, 0.15) is 35.6 Å². The zero-order valence-electron chi connectivity index (χ0n) is 11.7. The van der Waals surface area contributed by atoms with Crippen LogP contribution in [0.2, 0.25) is 0 Å². The number of aryl methyl sites for hydroxylation is 2. The van der Waals surface area contributed by atoms with E-state index in [9.17, 15) is 0 Å². The van der Waals surface area contributed by atoms with E-state index in [1.807, 2.05) is 0 Å². The SMILES string of the molecule is Cc1ccc(NC(c2ccccc2)C2CC2)c(C)c1. The van der Waals surface area contributed by atoms with Crippen molar-refractivity contribution in [2.75, 3.05) is 5.32 Å². The zero-order chi connectivity index (χ0) is 13.2. The van der Waals surface area contributed by atoms with Crippen LogP contribution in [0.25, 0.3) is 0 Å². The van der Waals surface area contributed by atoms with Crippen molar-refractivity contribution in [1.29, 1.82) is 0 Å². The first-order valence-corrected chi connectivity index (χ1v) is 7.13. The van der Waals surface area contributed by atoms with E-state index in [4.69, 9.17) is 0 Å². The smallest absolute Gasteiger partial charge is 0.0542 e. The van der Waals surface area contributed by atoms with Crippen LogP contribution < -0.4 is 5.32 Å². The minimum absolute atomic E-state index is 0.461. The highest BCUT2D eigenvalue weighted by Crippen LogP contribution is 2.43. The molecule has 19 heavy (non-hydrogen) atoms. The van der Waals surface area contributed by atoms with Gasteiger partial charge in [-0.1, -0.05) is 48.0 Å². The summed E-state index contributed by atoms with van der Waals surface area (Å²) in [6.45, 7) is 4.33. The number of rotatable bonds is 4. The predicted molar refractivity (Wildman–Crippen MR) is 81.4 cm³/mol. The zero-order valence-corrected chi connectivity index (χ0v) is 11.7. The van der Waals surface area contributed by atoms with Gasteiger partial charge >= 0.3 is 0 Å². The molecule has 2 aromatic rings. The fourth-order valence-corrected chi connectivity index (χ4v) is 2.71. The van der Waals surface area contributed by atoms with E-state index in [1.165, 1.54) is 35.2 Å². The molecule has 0 heterocycles. The van der Waals surface area contributed by atoms with E-state index in [-0.39, 0.29) is 0 Å². The Hall–Kier alpha value is -1.76. The highest BCUT2D eigenvalue weighted by molar-refractivity contribution is 5.53. The maximum Gasteiger partial charge on any atom is 0.0542 e. The van der Waals surface area contributed by atoms with Crippen LogP contribution in [0, 0.1) is 19.8 Å². The summed E-state index contributed by atoms with van der Waals surface area (Å²) in [4.78, 5) is 0. The number of hydrogen-bond donors (Lipinski definition) is 1. The Morgan fingerprint density at radius 2 is 1.74 bits per heavy atom. The second kappa shape index (κ2) is 5.08.